The summed E-state index contributed by atoms with van der Waals surface area (Å²) < 4.78 is 5.26. The Morgan fingerprint density at radius 2 is 1.94 bits per heavy atom. The van der Waals surface area contributed by atoms with Crippen LogP contribution in [-0.4, -0.2) is 50.3 Å². The van der Waals surface area contributed by atoms with Crippen molar-refractivity contribution in [3.8, 4) is 0 Å². The maximum Gasteiger partial charge on any atom is 0.0589 e. The Hall–Kier alpha value is -0.120. The van der Waals surface area contributed by atoms with Gasteiger partial charge in [0.2, 0.25) is 0 Å². The van der Waals surface area contributed by atoms with Crippen LogP contribution in [0.1, 0.15) is 39.5 Å². The molecule has 1 N–H and O–H groups in total. The summed E-state index contributed by atoms with van der Waals surface area (Å²) in [4.78, 5) is 2.64. The Balaban J connectivity index is 1.70. The molecule has 106 valence electrons. The van der Waals surface area contributed by atoms with Gasteiger partial charge in [0.1, 0.15) is 0 Å². The van der Waals surface area contributed by atoms with Crippen LogP contribution in [-0.2, 0) is 4.74 Å². The lowest BCUT2D eigenvalue weighted by atomic mass is 10.1. The molecule has 3 heteroatoms. The molecule has 0 radical (unpaired) electrons. The predicted octanol–water partition coefficient (Wildman–Crippen LogP) is 2.12. The molecule has 2 aliphatic carbocycles. The van der Waals surface area contributed by atoms with Crippen LogP contribution in [0.4, 0.5) is 0 Å². The summed E-state index contributed by atoms with van der Waals surface area (Å²) in [7, 11) is 1.80. The number of ether oxygens (including phenoxy) is 1. The Kier molecular flexibility index (Phi) is 5.46. The molecule has 18 heavy (non-hydrogen) atoms. The van der Waals surface area contributed by atoms with E-state index in [2.05, 4.69) is 24.1 Å². The minimum absolute atomic E-state index is 0.739. The fourth-order valence-electron chi connectivity index (χ4n) is 2.67. The number of nitrogens with one attached hydrogen (secondary N) is 1. The van der Waals surface area contributed by atoms with Crippen LogP contribution in [0, 0.1) is 11.8 Å². The van der Waals surface area contributed by atoms with Gasteiger partial charge in [0.15, 0.2) is 0 Å². The molecule has 3 nitrogen and oxygen atoms in total. The average Bonchev–Trinajstić information content (AvgIpc) is 3.23. The Bertz CT molecular complexity index is 239. The van der Waals surface area contributed by atoms with Crippen molar-refractivity contribution in [1.29, 1.82) is 0 Å². The van der Waals surface area contributed by atoms with Crippen molar-refractivity contribution in [2.75, 3.05) is 33.4 Å². The Morgan fingerprint density at radius 1 is 1.22 bits per heavy atom. The normalized spacial score (nSPS) is 23.3. The lowest BCUT2D eigenvalue weighted by Gasteiger charge is -2.31. The Labute approximate surface area is 112 Å². The largest absolute Gasteiger partial charge is 0.383 e. The van der Waals surface area contributed by atoms with Gasteiger partial charge in [-0.25, -0.2) is 0 Å². The number of hydrogen-bond acceptors (Lipinski definition) is 3. The van der Waals surface area contributed by atoms with E-state index in [1.54, 1.807) is 7.11 Å². The number of rotatable bonds is 10. The highest BCUT2D eigenvalue weighted by Gasteiger charge is 2.32. The topological polar surface area (TPSA) is 24.5 Å². The maximum atomic E-state index is 5.26. The smallest absolute Gasteiger partial charge is 0.0589 e. The first-order chi connectivity index (χ1) is 8.70. The third kappa shape index (κ3) is 4.87. The SMILES string of the molecule is COCCN(CC(C)CNC1CC1)C(C)C1CC1. The zero-order valence-electron chi connectivity index (χ0n) is 12.3. The highest BCUT2D eigenvalue weighted by atomic mass is 16.5. The molecule has 0 spiro atoms. The minimum Gasteiger partial charge on any atom is -0.383 e. The lowest BCUT2D eigenvalue weighted by molar-refractivity contribution is 0.105. The first-order valence-corrected chi connectivity index (χ1v) is 7.67. The highest BCUT2D eigenvalue weighted by Crippen LogP contribution is 2.35. The summed E-state index contributed by atoms with van der Waals surface area (Å²) in [5.74, 6) is 1.69. The van der Waals surface area contributed by atoms with Gasteiger partial charge in [0.05, 0.1) is 6.61 Å². The molecule has 2 fully saturated rings. The van der Waals surface area contributed by atoms with Crippen molar-refractivity contribution in [2.24, 2.45) is 11.8 Å². The van der Waals surface area contributed by atoms with Crippen molar-refractivity contribution in [3.05, 3.63) is 0 Å². The molecule has 0 amide bonds. The van der Waals surface area contributed by atoms with Crippen molar-refractivity contribution >= 4 is 0 Å². The Morgan fingerprint density at radius 3 is 2.50 bits per heavy atom. The third-order valence-electron chi connectivity index (χ3n) is 4.34. The highest BCUT2D eigenvalue weighted by molar-refractivity contribution is 4.86. The minimum atomic E-state index is 0.739. The molecular formula is C15H30N2O. The van der Waals surface area contributed by atoms with Crippen molar-refractivity contribution in [3.63, 3.8) is 0 Å². The second kappa shape index (κ2) is 6.88. The second-order valence-corrected chi connectivity index (χ2v) is 6.35. The predicted molar refractivity (Wildman–Crippen MR) is 75.8 cm³/mol. The van der Waals surface area contributed by atoms with Gasteiger partial charge in [-0.3, -0.25) is 4.90 Å². The fourth-order valence-corrected chi connectivity index (χ4v) is 2.67. The molecule has 0 aromatic heterocycles. The quantitative estimate of drug-likeness (QED) is 0.646. The van der Waals surface area contributed by atoms with Crippen LogP contribution in [0.3, 0.4) is 0 Å². The second-order valence-electron chi connectivity index (χ2n) is 6.35. The van der Waals surface area contributed by atoms with E-state index in [1.165, 1.54) is 38.8 Å². The van der Waals surface area contributed by atoms with Crippen LogP contribution in [0.5, 0.6) is 0 Å². The van der Waals surface area contributed by atoms with Gasteiger partial charge >= 0.3 is 0 Å². The van der Waals surface area contributed by atoms with Crippen molar-refractivity contribution in [1.82, 2.24) is 10.2 Å². The molecule has 2 rings (SSSR count). The van der Waals surface area contributed by atoms with E-state index < -0.39 is 0 Å². The molecular weight excluding hydrogens is 224 g/mol. The summed E-state index contributed by atoms with van der Waals surface area (Å²) in [6.45, 7) is 9.09. The number of nitrogens with zero attached hydrogens (tertiary/aromatic N) is 1. The monoisotopic (exact) mass is 254 g/mol. The van der Waals surface area contributed by atoms with Crippen LogP contribution in [0.2, 0.25) is 0 Å². The molecule has 0 aromatic carbocycles. The first-order valence-electron chi connectivity index (χ1n) is 7.67. The van der Waals surface area contributed by atoms with E-state index in [0.717, 1.165) is 37.1 Å². The van der Waals surface area contributed by atoms with Gasteiger partial charge in [0, 0.05) is 32.3 Å². The lowest BCUT2D eigenvalue weighted by Crippen LogP contribution is -2.42. The molecule has 0 aromatic rings. The fraction of sp³-hybridized carbons (Fsp3) is 1.00. The molecule has 2 aliphatic rings. The molecule has 2 saturated carbocycles. The van der Waals surface area contributed by atoms with Gasteiger partial charge in [0.25, 0.3) is 0 Å². The van der Waals surface area contributed by atoms with Crippen molar-refractivity contribution in [2.45, 2.75) is 51.6 Å². The van der Waals surface area contributed by atoms with E-state index in [4.69, 9.17) is 4.74 Å². The van der Waals surface area contributed by atoms with Crippen LogP contribution < -0.4 is 5.32 Å². The van der Waals surface area contributed by atoms with Crippen LogP contribution >= 0.6 is 0 Å². The molecule has 0 bridgehead atoms. The van der Waals surface area contributed by atoms with E-state index in [-0.39, 0.29) is 0 Å². The molecule has 0 saturated heterocycles. The van der Waals surface area contributed by atoms with Crippen molar-refractivity contribution < 1.29 is 4.74 Å². The summed E-state index contributed by atoms with van der Waals surface area (Å²) >= 11 is 0. The van der Waals surface area contributed by atoms with Gasteiger partial charge in [-0.15, -0.1) is 0 Å². The van der Waals surface area contributed by atoms with Crippen LogP contribution in [0.15, 0.2) is 0 Å². The van der Waals surface area contributed by atoms with Gasteiger partial charge in [-0.05, 0) is 51.0 Å². The summed E-state index contributed by atoms with van der Waals surface area (Å²) in [5, 5.41) is 3.64. The summed E-state index contributed by atoms with van der Waals surface area (Å²) in [6, 6.07) is 1.57. The molecule has 2 atom stereocenters. The average molecular weight is 254 g/mol. The number of methoxy groups -OCH3 is 1. The van der Waals surface area contributed by atoms with Gasteiger partial charge in [-0.2, -0.15) is 0 Å². The van der Waals surface area contributed by atoms with Gasteiger partial charge in [-0.1, -0.05) is 6.92 Å². The standard InChI is InChI=1S/C15H30N2O/c1-12(10-16-15-6-7-15)11-17(8-9-18-3)13(2)14-4-5-14/h12-16H,4-11H2,1-3H3. The summed E-state index contributed by atoms with van der Waals surface area (Å²) in [6.07, 6.45) is 5.63. The molecule has 2 unspecified atom stereocenters. The first kappa shape index (κ1) is 14.3. The molecule has 0 aliphatic heterocycles. The maximum absolute atomic E-state index is 5.26. The zero-order chi connectivity index (χ0) is 13.0. The number of hydrogen-bond donors (Lipinski definition) is 1. The zero-order valence-corrected chi connectivity index (χ0v) is 12.3. The van der Waals surface area contributed by atoms with E-state index in [0.29, 0.717) is 0 Å². The third-order valence-corrected chi connectivity index (χ3v) is 4.34. The molecule has 0 heterocycles. The van der Waals surface area contributed by atoms with E-state index in [9.17, 15) is 0 Å². The van der Waals surface area contributed by atoms with Crippen LogP contribution in [0.25, 0.3) is 0 Å². The van der Waals surface area contributed by atoms with E-state index >= 15 is 0 Å². The van der Waals surface area contributed by atoms with Gasteiger partial charge < -0.3 is 10.1 Å². The summed E-state index contributed by atoms with van der Waals surface area (Å²) in [5.41, 5.74) is 0. The van der Waals surface area contributed by atoms with E-state index in [1.807, 2.05) is 0 Å².